The summed E-state index contributed by atoms with van der Waals surface area (Å²) in [6.45, 7) is 5.26. The summed E-state index contributed by atoms with van der Waals surface area (Å²) in [6, 6.07) is 9.63. The normalized spacial score (nSPS) is 15.9. The van der Waals surface area contributed by atoms with E-state index in [1.807, 2.05) is 0 Å². The molecule has 0 bridgehead atoms. The molecule has 1 aliphatic heterocycles. The van der Waals surface area contributed by atoms with Crippen LogP contribution in [0.25, 0.3) is 0 Å². The molecule has 162 valence electrons. The number of Topliss-reactive ketones (excluding diaryl/α,β-unsaturated/α-hetero) is 1. The van der Waals surface area contributed by atoms with E-state index in [0.717, 1.165) is 0 Å². The van der Waals surface area contributed by atoms with Crippen LogP contribution >= 0.6 is 0 Å². The molecule has 1 aliphatic rings. The molecule has 2 aromatic rings. The van der Waals surface area contributed by atoms with Crippen LogP contribution in [0.4, 0.5) is 5.69 Å². The van der Waals surface area contributed by atoms with Crippen molar-refractivity contribution >= 4 is 23.3 Å². The lowest BCUT2D eigenvalue weighted by atomic mass is 9.96. The second kappa shape index (κ2) is 8.91. The summed E-state index contributed by atoms with van der Waals surface area (Å²) in [5.74, 6) is -2.24. The Balaban J connectivity index is 2.09. The van der Waals surface area contributed by atoms with Crippen LogP contribution in [-0.4, -0.2) is 41.1 Å². The molecule has 0 spiro atoms. The molecule has 0 radical (unpaired) electrons. The van der Waals surface area contributed by atoms with Crippen LogP contribution in [0.15, 0.2) is 53.8 Å². The number of ketones is 1. The highest BCUT2D eigenvalue weighted by Crippen LogP contribution is 2.43. The summed E-state index contributed by atoms with van der Waals surface area (Å²) >= 11 is 0. The zero-order valence-corrected chi connectivity index (χ0v) is 17.4. The van der Waals surface area contributed by atoms with E-state index in [-0.39, 0.29) is 23.7 Å². The molecule has 0 saturated carbocycles. The number of aromatic hydroxyl groups is 1. The van der Waals surface area contributed by atoms with Crippen molar-refractivity contribution in [2.45, 2.75) is 26.8 Å². The first-order valence-corrected chi connectivity index (χ1v) is 9.80. The number of hydrogen-bond donors (Lipinski definition) is 2. The average Bonchev–Trinajstić information content (AvgIpc) is 3.01. The second-order valence-electron chi connectivity index (χ2n) is 6.82. The fraction of sp³-hybridized carbons (Fsp3) is 0.261. The highest BCUT2D eigenvalue weighted by atomic mass is 16.5. The Morgan fingerprint density at radius 1 is 1.03 bits per heavy atom. The SMILES string of the molecule is CCOC(=O)c1ccc(N2C(=O)C(O)=C(C(C)=O)[C@@H]2c2ccc(O)c(OCC)c2)cc1. The number of amides is 1. The lowest BCUT2D eigenvalue weighted by molar-refractivity contribution is -0.117. The van der Waals surface area contributed by atoms with E-state index in [1.54, 1.807) is 19.9 Å². The number of phenolic OH excluding ortho intramolecular Hbond substituents is 1. The fourth-order valence-corrected chi connectivity index (χ4v) is 3.49. The van der Waals surface area contributed by atoms with E-state index >= 15 is 0 Å². The number of hydrogen-bond acceptors (Lipinski definition) is 7. The Kier molecular flexibility index (Phi) is 6.29. The Labute approximate surface area is 179 Å². The van der Waals surface area contributed by atoms with Crippen molar-refractivity contribution in [3.8, 4) is 11.5 Å². The molecular formula is C23H23NO7. The molecule has 8 heteroatoms. The van der Waals surface area contributed by atoms with E-state index in [9.17, 15) is 24.6 Å². The summed E-state index contributed by atoms with van der Waals surface area (Å²) in [5, 5.41) is 20.5. The number of ether oxygens (including phenoxy) is 2. The lowest BCUT2D eigenvalue weighted by Gasteiger charge is -2.27. The van der Waals surface area contributed by atoms with Gasteiger partial charge in [0.25, 0.3) is 5.91 Å². The highest BCUT2D eigenvalue weighted by Gasteiger charge is 2.43. The van der Waals surface area contributed by atoms with Gasteiger partial charge in [0.15, 0.2) is 23.0 Å². The topological polar surface area (TPSA) is 113 Å². The summed E-state index contributed by atoms with van der Waals surface area (Å²) in [4.78, 5) is 38.4. The van der Waals surface area contributed by atoms with Gasteiger partial charge in [-0.3, -0.25) is 14.5 Å². The fourth-order valence-electron chi connectivity index (χ4n) is 3.49. The number of anilines is 1. The number of aliphatic hydroxyl groups excluding tert-OH is 1. The molecule has 0 saturated heterocycles. The number of benzene rings is 2. The van der Waals surface area contributed by atoms with Crippen molar-refractivity contribution < 1.29 is 34.1 Å². The Morgan fingerprint density at radius 2 is 1.71 bits per heavy atom. The van der Waals surface area contributed by atoms with Crippen LogP contribution in [0, 0.1) is 0 Å². The quantitative estimate of drug-likeness (QED) is 0.653. The number of aliphatic hydroxyl groups is 1. The van der Waals surface area contributed by atoms with Crippen molar-refractivity contribution in [3.63, 3.8) is 0 Å². The molecular weight excluding hydrogens is 402 g/mol. The van der Waals surface area contributed by atoms with E-state index < -0.39 is 29.5 Å². The number of nitrogens with zero attached hydrogens (tertiary/aromatic N) is 1. The summed E-state index contributed by atoms with van der Waals surface area (Å²) in [7, 11) is 0. The van der Waals surface area contributed by atoms with Crippen molar-refractivity contribution in [2.75, 3.05) is 18.1 Å². The molecule has 0 aromatic heterocycles. The summed E-state index contributed by atoms with van der Waals surface area (Å²) < 4.78 is 10.4. The van der Waals surface area contributed by atoms with Crippen LogP contribution in [0.5, 0.6) is 11.5 Å². The molecule has 2 aromatic carbocycles. The minimum absolute atomic E-state index is 0.0624. The molecule has 8 nitrogen and oxygen atoms in total. The minimum atomic E-state index is -0.932. The monoisotopic (exact) mass is 425 g/mol. The first-order chi connectivity index (χ1) is 14.8. The maximum Gasteiger partial charge on any atom is 0.338 e. The lowest BCUT2D eigenvalue weighted by Crippen LogP contribution is -2.30. The standard InChI is InChI=1S/C23H23NO7/c1-4-30-18-12-15(8-11-17(18)26)20-19(13(3)25)21(27)22(28)24(20)16-9-6-14(7-10-16)23(29)31-5-2/h6-12,20,26-27H,4-5H2,1-3H3/t20-/m0/s1. The largest absolute Gasteiger partial charge is 0.504 e. The minimum Gasteiger partial charge on any atom is -0.504 e. The number of carbonyl (C=O) groups is 3. The predicted octanol–water partition coefficient (Wildman–Crippen LogP) is 3.46. The van der Waals surface area contributed by atoms with Crippen LogP contribution in [0.2, 0.25) is 0 Å². The smallest absolute Gasteiger partial charge is 0.338 e. The number of carbonyl (C=O) groups excluding carboxylic acids is 3. The first-order valence-electron chi connectivity index (χ1n) is 9.80. The van der Waals surface area contributed by atoms with Gasteiger partial charge < -0.3 is 19.7 Å². The molecule has 3 rings (SSSR count). The summed E-state index contributed by atoms with van der Waals surface area (Å²) in [5.41, 5.74) is 1.09. The van der Waals surface area contributed by atoms with Crippen molar-refractivity contribution in [1.29, 1.82) is 0 Å². The Hall–Kier alpha value is -3.81. The van der Waals surface area contributed by atoms with Crippen molar-refractivity contribution in [1.82, 2.24) is 0 Å². The van der Waals surface area contributed by atoms with Crippen LogP contribution < -0.4 is 9.64 Å². The van der Waals surface area contributed by atoms with Gasteiger partial charge in [-0.05, 0) is 62.7 Å². The maximum absolute atomic E-state index is 12.9. The Morgan fingerprint density at radius 3 is 2.29 bits per heavy atom. The van der Waals surface area contributed by atoms with Crippen LogP contribution in [0.3, 0.4) is 0 Å². The van der Waals surface area contributed by atoms with Gasteiger partial charge in [-0.2, -0.15) is 0 Å². The predicted molar refractivity (Wildman–Crippen MR) is 112 cm³/mol. The van der Waals surface area contributed by atoms with E-state index in [1.165, 1.54) is 48.2 Å². The van der Waals surface area contributed by atoms with Gasteiger partial charge in [0.05, 0.1) is 30.4 Å². The molecule has 0 fully saturated rings. The van der Waals surface area contributed by atoms with E-state index in [0.29, 0.717) is 23.4 Å². The summed E-state index contributed by atoms with van der Waals surface area (Å²) in [6.07, 6.45) is 0. The molecule has 1 amide bonds. The van der Waals surface area contributed by atoms with Crippen LogP contribution in [0.1, 0.15) is 42.7 Å². The molecule has 1 heterocycles. The third-order valence-electron chi connectivity index (χ3n) is 4.84. The zero-order valence-electron chi connectivity index (χ0n) is 17.4. The van der Waals surface area contributed by atoms with Gasteiger partial charge in [-0.1, -0.05) is 6.07 Å². The first kappa shape index (κ1) is 21.9. The number of esters is 1. The van der Waals surface area contributed by atoms with E-state index in [4.69, 9.17) is 9.47 Å². The zero-order chi connectivity index (χ0) is 22.7. The maximum atomic E-state index is 12.9. The molecule has 31 heavy (non-hydrogen) atoms. The third kappa shape index (κ3) is 4.09. The number of phenols is 1. The third-order valence-corrected chi connectivity index (χ3v) is 4.84. The van der Waals surface area contributed by atoms with Crippen molar-refractivity contribution in [3.05, 3.63) is 64.9 Å². The molecule has 1 atom stereocenters. The van der Waals surface area contributed by atoms with Gasteiger partial charge in [0.2, 0.25) is 0 Å². The van der Waals surface area contributed by atoms with E-state index in [2.05, 4.69) is 0 Å². The van der Waals surface area contributed by atoms with Crippen molar-refractivity contribution in [2.24, 2.45) is 0 Å². The van der Waals surface area contributed by atoms with Gasteiger partial charge >= 0.3 is 5.97 Å². The molecule has 0 unspecified atom stereocenters. The number of rotatable bonds is 7. The molecule has 2 N–H and O–H groups in total. The second-order valence-corrected chi connectivity index (χ2v) is 6.82. The van der Waals surface area contributed by atoms with Gasteiger partial charge in [0, 0.05) is 5.69 Å². The molecule has 0 aliphatic carbocycles. The highest BCUT2D eigenvalue weighted by molar-refractivity contribution is 6.16. The average molecular weight is 425 g/mol. The van der Waals surface area contributed by atoms with Crippen LogP contribution in [-0.2, 0) is 14.3 Å². The Bertz CT molecular complexity index is 1060. The van der Waals surface area contributed by atoms with Gasteiger partial charge in [0.1, 0.15) is 0 Å². The van der Waals surface area contributed by atoms with Gasteiger partial charge in [-0.25, -0.2) is 4.79 Å². The van der Waals surface area contributed by atoms with Gasteiger partial charge in [-0.15, -0.1) is 0 Å².